The van der Waals surface area contributed by atoms with Crippen molar-refractivity contribution in [3.8, 4) is 11.3 Å². The molecule has 0 aliphatic heterocycles. The van der Waals surface area contributed by atoms with Crippen LogP contribution in [0.3, 0.4) is 0 Å². The Morgan fingerprint density at radius 2 is 1.79 bits per heavy atom. The van der Waals surface area contributed by atoms with Gasteiger partial charge in [-0.1, -0.05) is 25.3 Å². The second-order valence-corrected chi connectivity index (χ2v) is 8.21. The molecule has 5 nitrogen and oxygen atoms in total. The van der Waals surface area contributed by atoms with Crippen molar-refractivity contribution in [1.29, 1.82) is 0 Å². The summed E-state index contributed by atoms with van der Waals surface area (Å²) in [5.41, 5.74) is 2.60. The fourth-order valence-corrected chi connectivity index (χ4v) is 4.71. The number of pyridine rings is 2. The van der Waals surface area contributed by atoms with Crippen LogP contribution in [0.15, 0.2) is 42.9 Å². The molecule has 0 aromatic carbocycles. The van der Waals surface area contributed by atoms with Crippen LogP contribution in [0.2, 0.25) is 0 Å². The second kappa shape index (κ2) is 7.85. The molecule has 1 aliphatic rings. The highest BCUT2D eigenvalue weighted by Crippen LogP contribution is 2.25. The van der Waals surface area contributed by atoms with Gasteiger partial charge in [0.05, 0.1) is 11.4 Å². The summed E-state index contributed by atoms with van der Waals surface area (Å²) in [6.45, 7) is 0.264. The number of hydrogen-bond acceptors (Lipinski definition) is 4. The predicted octanol–water partition coefficient (Wildman–Crippen LogP) is 3.14. The van der Waals surface area contributed by atoms with E-state index in [4.69, 9.17) is 0 Å². The number of aromatic nitrogens is 2. The van der Waals surface area contributed by atoms with Crippen molar-refractivity contribution in [3.05, 3.63) is 48.4 Å². The molecule has 1 fully saturated rings. The van der Waals surface area contributed by atoms with Gasteiger partial charge in [0.1, 0.15) is 0 Å². The molecule has 1 saturated carbocycles. The van der Waals surface area contributed by atoms with Crippen LogP contribution in [0.25, 0.3) is 11.3 Å². The minimum Gasteiger partial charge on any atom is -0.265 e. The summed E-state index contributed by atoms with van der Waals surface area (Å²) in [4.78, 5) is 8.41. The van der Waals surface area contributed by atoms with E-state index in [-0.39, 0.29) is 12.3 Å². The van der Waals surface area contributed by atoms with Gasteiger partial charge >= 0.3 is 0 Å². The second-order valence-electron chi connectivity index (χ2n) is 6.35. The molecule has 0 saturated heterocycles. The molecule has 0 radical (unpaired) electrons. The Kier molecular flexibility index (Phi) is 5.58. The van der Waals surface area contributed by atoms with Crippen molar-refractivity contribution in [1.82, 2.24) is 14.7 Å². The molecule has 2 aromatic heterocycles. The van der Waals surface area contributed by atoms with Crippen molar-refractivity contribution in [2.45, 2.75) is 38.6 Å². The molecule has 128 valence electrons. The zero-order valence-corrected chi connectivity index (χ0v) is 14.5. The Hall–Kier alpha value is -1.79. The highest BCUT2D eigenvalue weighted by atomic mass is 32.2. The van der Waals surface area contributed by atoms with Crippen LogP contribution in [0.1, 0.15) is 37.7 Å². The van der Waals surface area contributed by atoms with Gasteiger partial charge in [-0.25, -0.2) is 13.1 Å². The third-order valence-electron chi connectivity index (χ3n) is 4.51. The van der Waals surface area contributed by atoms with E-state index in [9.17, 15) is 8.42 Å². The molecule has 2 heterocycles. The van der Waals surface area contributed by atoms with Gasteiger partial charge in [-0.05, 0) is 42.5 Å². The first-order valence-electron chi connectivity index (χ1n) is 8.46. The summed E-state index contributed by atoms with van der Waals surface area (Å²) in [5.74, 6) is 0.530. The Bertz CT molecular complexity index is 757. The van der Waals surface area contributed by atoms with Gasteiger partial charge in [0.25, 0.3) is 0 Å². The minimum absolute atomic E-state index is 0.234. The fourth-order valence-electron chi connectivity index (χ4n) is 3.26. The highest BCUT2D eigenvalue weighted by molar-refractivity contribution is 7.89. The van der Waals surface area contributed by atoms with E-state index >= 15 is 0 Å². The van der Waals surface area contributed by atoms with Crippen LogP contribution in [0.5, 0.6) is 0 Å². The first-order valence-corrected chi connectivity index (χ1v) is 10.1. The van der Waals surface area contributed by atoms with Crippen molar-refractivity contribution in [3.63, 3.8) is 0 Å². The van der Waals surface area contributed by atoms with E-state index in [1.165, 1.54) is 6.42 Å². The maximum atomic E-state index is 12.4. The van der Waals surface area contributed by atoms with E-state index in [2.05, 4.69) is 14.7 Å². The first kappa shape index (κ1) is 17.0. The molecular weight excluding hydrogens is 322 g/mol. The van der Waals surface area contributed by atoms with E-state index in [1.807, 2.05) is 24.3 Å². The topological polar surface area (TPSA) is 72.0 Å². The Morgan fingerprint density at radius 3 is 2.54 bits per heavy atom. The molecule has 0 unspecified atom stereocenters. The average molecular weight is 345 g/mol. The van der Waals surface area contributed by atoms with Gasteiger partial charge in [0.2, 0.25) is 10.0 Å². The molecule has 3 rings (SSSR count). The quantitative estimate of drug-likeness (QED) is 0.873. The Balaban J connectivity index is 1.68. The number of hydrogen-bond donors (Lipinski definition) is 1. The molecule has 0 atom stereocenters. The monoisotopic (exact) mass is 345 g/mol. The molecule has 1 aliphatic carbocycles. The van der Waals surface area contributed by atoms with Gasteiger partial charge in [-0.15, -0.1) is 0 Å². The summed E-state index contributed by atoms with van der Waals surface area (Å²) in [6.07, 6.45) is 10.7. The van der Waals surface area contributed by atoms with Gasteiger partial charge in [-0.3, -0.25) is 9.97 Å². The van der Waals surface area contributed by atoms with Gasteiger partial charge in [-0.2, -0.15) is 0 Å². The van der Waals surface area contributed by atoms with Gasteiger partial charge < -0.3 is 0 Å². The number of sulfonamides is 1. The van der Waals surface area contributed by atoms with Crippen LogP contribution in [-0.2, 0) is 16.6 Å². The lowest BCUT2D eigenvalue weighted by atomic mass is 9.91. The average Bonchev–Trinajstić information content (AvgIpc) is 2.62. The lowest BCUT2D eigenvalue weighted by Crippen LogP contribution is -2.30. The fraction of sp³-hybridized carbons (Fsp3) is 0.444. The maximum Gasteiger partial charge on any atom is 0.212 e. The van der Waals surface area contributed by atoms with E-state index < -0.39 is 10.0 Å². The molecule has 0 spiro atoms. The first-order chi connectivity index (χ1) is 11.6. The molecule has 6 heteroatoms. The van der Waals surface area contributed by atoms with E-state index in [1.54, 1.807) is 18.6 Å². The smallest absolute Gasteiger partial charge is 0.212 e. The van der Waals surface area contributed by atoms with Crippen LogP contribution in [0.4, 0.5) is 0 Å². The number of nitrogens with zero attached hydrogens (tertiary/aromatic N) is 2. The van der Waals surface area contributed by atoms with Crippen molar-refractivity contribution >= 4 is 10.0 Å². The molecule has 1 N–H and O–H groups in total. The summed E-state index contributed by atoms with van der Waals surface area (Å²) >= 11 is 0. The molecular formula is C18H23N3O2S. The molecule has 24 heavy (non-hydrogen) atoms. The van der Waals surface area contributed by atoms with Crippen molar-refractivity contribution < 1.29 is 8.42 Å². The van der Waals surface area contributed by atoms with Crippen LogP contribution >= 0.6 is 0 Å². The van der Waals surface area contributed by atoms with Crippen LogP contribution in [-0.4, -0.2) is 24.1 Å². The third-order valence-corrected chi connectivity index (χ3v) is 6.00. The standard InChI is InChI=1S/C18H23N3O2S/c22-24(23,14-15-5-2-1-3-6-15)21-13-17-7-4-10-20-18(17)16-8-11-19-12-9-16/h4,7-12,15,21H,1-3,5-6,13-14H2. The van der Waals surface area contributed by atoms with Crippen LogP contribution < -0.4 is 4.72 Å². The summed E-state index contributed by atoms with van der Waals surface area (Å²) < 4.78 is 27.5. The summed E-state index contributed by atoms with van der Waals surface area (Å²) in [7, 11) is -3.27. The highest BCUT2D eigenvalue weighted by Gasteiger charge is 2.21. The van der Waals surface area contributed by atoms with Crippen molar-refractivity contribution in [2.75, 3.05) is 5.75 Å². The van der Waals surface area contributed by atoms with Gasteiger partial charge in [0.15, 0.2) is 0 Å². The zero-order valence-electron chi connectivity index (χ0n) is 13.7. The van der Waals surface area contributed by atoms with Crippen LogP contribution in [0, 0.1) is 5.92 Å². The molecule has 0 amide bonds. The number of nitrogens with one attached hydrogen (secondary N) is 1. The Morgan fingerprint density at radius 1 is 1.04 bits per heavy atom. The van der Waals surface area contributed by atoms with E-state index in [0.717, 1.165) is 42.5 Å². The molecule has 2 aromatic rings. The predicted molar refractivity (Wildman–Crippen MR) is 94.7 cm³/mol. The Labute approximate surface area is 143 Å². The summed E-state index contributed by atoms with van der Waals surface area (Å²) in [6, 6.07) is 7.49. The minimum atomic E-state index is -3.27. The van der Waals surface area contributed by atoms with Crippen molar-refractivity contribution in [2.24, 2.45) is 5.92 Å². The lowest BCUT2D eigenvalue weighted by Gasteiger charge is -2.21. The lowest BCUT2D eigenvalue weighted by molar-refractivity contribution is 0.384. The zero-order chi connectivity index (χ0) is 16.8. The van der Waals surface area contributed by atoms with E-state index in [0.29, 0.717) is 5.92 Å². The normalized spacial score (nSPS) is 16.2. The van der Waals surface area contributed by atoms with Gasteiger partial charge in [0, 0.05) is 30.7 Å². The molecule has 0 bridgehead atoms. The maximum absolute atomic E-state index is 12.4. The largest absolute Gasteiger partial charge is 0.265 e. The summed E-state index contributed by atoms with van der Waals surface area (Å²) in [5, 5.41) is 0. The SMILES string of the molecule is O=S(=O)(CC1CCCCC1)NCc1cccnc1-c1ccncc1. The third kappa shape index (κ3) is 4.61. The number of rotatable bonds is 6.